The van der Waals surface area contributed by atoms with Crippen LogP contribution in [0.4, 0.5) is 5.69 Å². The number of thiazole rings is 1. The Kier molecular flexibility index (Phi) is 4.83. The zero-order chi connectivity index (χ0) is 15.4. The van der Waals surface area contributed by atoms with Gasteiger partial charge in [0, 0.05) is 0 Å². The number of rotatable bonds is 4. The number of benzene rings is 2. The normalized spacial score (nSPS) is 11.6. The van der Waals surface area contributed by atoms with Crippen LogP contribution in [0, 0.1) is 6.92 Å². The summed E-state index contributed by atoms with van der Waals surface area (Å²) in [6, 6.07) is 20.5. The molecule has 0 aliphatic heterocycles. The first kappa shape index (κ1) is 15.2. The van der Waals surface area contributed by atoms with Crippen LogP contribution >= 0.6 is 11.3 Å². The molecule has 1 heterocycles. The number of para-hydroxylation sites is 1. The molecule has 0 fully saturated rings. The molecule has 22 heavy (non-hydrogen) atoms. The second-order valence-electron chi connectivity index (χ2n) is 5.01. The third kappa shape index (κ3) is 3.53. The molecule has 0 atom stereocenters. The van der Waals surface area contributed by atoms with Crippen molar-refractivity contribution in [3.8, 4) is 0 Å². The Morgan fingerprint density at radius 1 is 1.05 bits per heavy atom. The summed E-state index contributed by atoms with van der Waals surface area (Å²) in [6.45, 7) is 3.00. The number of aliphatic imine (C=N–C) groups is 1. The van der Waals surface area contributed by atoms with Crippen LogP contribution in [-0.4, -0.2) is 20.6 Å². The molecule has 0 saturated carbocycles. The fourth-order valence-corrected chi connectivity index (χ4v) is 3.87. The van der Waals surface area contributed by atoms with E-state index in [1.807, 2.05) is 36.4 Å². The average Bonchev–Trinajstić information content (AvgIpc) is 2.90. The van der Waals surface area contributed by atoms with E-state index in [4.69, 9.17) is 4.99 Å². The molecular formula is C18H16N2SSe. The van der Waals surface area contributed by atoms with Crippen molar-refractivity contribution in [2.45, 2.75) is 13.5 Å². The minimum absolute atomic E-state index is 0.862. The van der Waals surface area contributed by atoms with Crippen LogP contribution in [0.15, 0.2) is 71.0 Å². The molecule has 0 aliphatic rings. The molecular weight excluding hydrogens is 355 g/mol. The molecule has 0 bridgehead atoms. The van der Waals surface area contributed by atoms with Crippen molar-refractivity contribution in [2.75, 3.05) is 0 Å². The number of aromatic nitrogens is 1. The summed E-state index contributed by atoms with van der Waals surface area (Å²) >= 11 is 4.84. The van der Waals surface area contributed by atoms with Crippen molar-refractivity contribution in [1.82, 2.24) is 0 Å². The maximum absolute atomic E-state index is 4.70. The van der Waals surface area contributed by atoms with Gasteiger partial charge >= 0.3 is 143 Å². The Bertz CT molecular complexity index is 779. The van der Waals surface area contributed by atoms with E-state index >= 15 is 0 Å². The minimum atomic E-state index is 0.862. The van der Waals surface area contributed by atoms with Gasteiger partial charge in [0.15, 0.2) is 0 Å². The van der Waals surface area contributed by atoms with E-state index in [-0.39, 0.29) is 0 Å². The molecule has 1 aromatic heterocycles. The molecule has 4 heteroatoms. The van der Waals surface area contributed by atoms with Gasteiger partial charge in [0.05, 0.1) is 0 Å². The maximum atomic E-state index is 4.70. The predicted octanol–water partition coefficient (Wildman–Crippen LogP) is 3.64. The van der Waals surface area contributed by atoms with Gasteiger partial charge in [-0.3, -0.25) is 0 Å². The van der Waals surface area contributed by atoms with Crippen LogP contribution < -0.4 is 4.57 Å². The van der Waals surface area contributed by atoms with Crippen molar-refractivity contribution in [2.24, 2.45) is 4.99 Å². The Morgan fingerprint density at radius 3 is 2.36 bits per heavy atom. The summed E-state index contributed by atoms with van der Waals surface area (Å²) in [5.74, 6) is 0. The van der Waals surface area contributed by atoms with Crippen molar-refractivity contribution < 1.29 is 4.57 Å². The molecule has 0 N–H and O–H groups in total. The van der Waals surface area contributed by atoms with Crippen LogP contribution in [0.5, 0.6) is 0 Å². The van der Waals surface area contributed by atoms with Crippen molar-refractivity contribution in [3.63, 3.8) is 0 Å². The molecule has 3 rings (SSSR count). The van der Waals surface area contributed by atoms with Gasteiger partial charge in [-0.2, -0.15) is 0 Å². The number of nitrogens with zero attached hydrogens (tertiary/aromatic N) is 2. The number of aryl methyl sites for hydroxylation is 1. The van der Waals surface area contributed by atoms with E-state index in [0.29, 0.717) is 0 Å². The van der Waals surface area contributed by atoms with E-state index in [1.165, 1.54) is 11.3 Å². The van der Waals surface area contributed by atoms with Gasteiger partial charge in [-0.25, -0.2) is 0 Å². The molecule has 2 nitrogen and oxygen atoms in total. The Morgan fingerprint density at radius 2 is 1.68 bits per heavy atom. The zero-order valence-electron chi connectivity index (χ0n) is 12.3. The van der Waals surface area contributed by atoms with Crippen molar-refractivity contribution in [3.05, 3.63) is 82.3 Å². The quantitative estimate of drug-likeness (QED) is 0.378. The first-order valence-corrected chi connectivity index (χ1v) is 8.80. The standard InChI is InChI=1S/C18H16N2SSe/c1-14-13-21-18(17(22)19-16-10-6-3-7-11-16)20(14)12-15-8-4-2-5-9-15/h2-11,13H,12H2,1H3. The molecule has 0 saturated heterocycles. The molecule has 0 unspecified atom stereocenters. The molecule has 110 valence electrons. The van der Waals surface area contributed by atoms with E-state index < -0.39 is 0 Å². The van der Waals surface area contributed by atoms with Crippen LogP contribution in [0.2, 0.25) is 0 Å². The summed E-state index contributed by atoms with van der Waals surface area (Å²) in [7, 11) is 0. The first-order valence-electron chi connectivity index (χ1n) is 7.07. The van der Waals surface area contributed by atoms with Gasteiger partial charge in [-0.1, -0.05) is 0 Å². The van der Waals surface area contributed by atoms with Gasteiger partial charge in [0.2, 0.25) is 0 Å². The zero-order valence-corrected chi connectivity index (χ0v) is 14.8. The summed E-state index contributed by atoms with van der Waals surface area (Å²) in [4.78, 5) is 4.70. The number of hydrogen-bond acceptors (Lipinski definition) is 2. The van der Waals surface area contributed by atoms with E-state index in [1.54, 1.807) is 11.3 Å². The second-order valence-corrected chi connectivity index (χ2v) is 6.68. The topological polar surface area (TPSA) is 16.2 Å². The van der Waals surface area contributed by atoms with Gasteiger partial charge < -0.3 is 0 Å². The Balaban J connectivity index is 1.93. The average molecular weight is 371 g/mol. The Hall–Kier alpha value is -1.74. The summed E-state index contributed by atoms with van der Waals surface area (Å²) < 4.78 is 3.23. The van der Waals surface area contributed by atoms with Gasteiger partial charge in [0.25, 0.3) is 0 Å². The van der Waals surface area contributed by atoms with Crippen molar-refractivity contribution in [1.29, 1.82) is 0 Å². The molecule has 3 aromatic rings. The van der Waals surface area contributed by atoms with Crippen LogP contribution in [0.3, 0.4) is 0 Å². The fraction of sp³-hybridized carbons (Fsp3) is 0.111. The van der Waals surface area contributed by atoms with Crippen molar-refractivity contribution >= 4 is 37.6 Å². The summed E-state index contributed by atoms with van der Waals surface area (Å²) in [5, 5.41) is 3.33. The molecule has 0 amide bonds. The second kappa shape index (κ2) is 7.01. The van der Waals surface area contributed by atoms with Gasteiger partial charge in [-0.15, -0.1) is 0 Å². The van der Waals surface area contributed by atoms with Crippen LogP contribution in [0.25, 0.3) is 0 Å². The van der Waals surface area contributed by atoms with E-state index in [0.717, 1.165) is 21.8 Å². The molecule has 2 aromatic carbocycles. The predicted molar refractivity (Wildman–Crippen MR) is 93.2 cm³/mol. The van der Waals surface area contributed by atoms with E-state index in [2.05, 4.69) is 57.1 Å². The summed E-state index contributed by atoms with van der Waals surface area (Å²) in [6.07, 6.45) is 0. The third-order valence-electron chi connectivity index (χ3n) is 3.37. The van der Waals surface area contributed by atoms with Gasteiger partial charge in [0.1, 0.15) is 0 Å². The first-order chi connectivity index (χ1) is 10.7. The SMILES string of the molecule is Cc1csc(C([Se-])=Nc2ccccc2)[n+]1Cc1ccccc1. The molecule has 0 spiro atoms. The monoisotopic (exact) mass is 372 g/mol. The fourth-order valence-electron chi connectivity index (χ4n) is 2.22. The number of hydrogen-bond donors (Lipinski definition) is 0. The Labute approximate surface area is 143 Å². The van der Waals surface area contributed by atoms with Gasteiger partial charge in [-0.05, 0) is 0 Å². The molecule has 0 aliphatic carbocycles. The molecule has 0 radical (unpaired) electrons. The van der Waals surface area contributed by atoms with Crippen LogP contribution in [0.1, 0.15) is 16.3 Å². The van der Waals surface area contributed by atoms with E-state index in [9.17, 15) is 0 Å². The summed E-state index contributed by atoms with van der Waals surface area (Å²) in [5.41, 5.74) is 3.51. The third-order valence-corrected chi connectivity index (χ3v) is 5.35. The van der Waals surface area contributed by atoms with Crippen LogP contribution in [-0.2, 0) is 6.54 Å².